The fourth-order valence-electron chi connectivity index (χ4n) is 2.67. The molecule has 0 aliphatic carbocycles. The molecule has 0 aromatic carbocycles. The maximum atomic E-state index is 3.52. The van der Waals surface area contributed by atoms with Gasteiger partial charge in [0.15, 0.2) is 0 Å². The van der Waals surface area contributed by atoms with Gasteiger partial charge in [-0.3, -0.25) is 0 Å². The summed E-state index contributed by atoms with van der Waals surface area (Å²) < 4.78 is 0. The molecule has 0 bridgehead atoms. The van der Waals surface area contributed by atoms with Crippen molar-refractivity contribution in [2.24, 2.45) is 5.41 Å². The van der Waals surface area contributed by atoms with Crippen molar-refractivity contribution in [3.8, 4) is 0 Å². The lowest BCUT2D eigenvalue weighted by atomic mass is 9.82. The molecule has 0 aromatic heterocycles. The van der Waals surface area contributed by atoms with Crippen molar-refractivity contribution in [3.05, 3.63) is 0 Å². The molecule has 1 unspecified atom stereocenters. The van der Waals surface area contributed by atoms with Gasteiger partial charge in [0.25, 0.3) is 0 Å². The van der Waals surface area contributed by atoms with Gasteiger partial charge in [0.2, 0.25) is 0 Å². The number of nitrogens with one attached hydrogen (secondary N) is 1. The summed E-state index contributed by atoms with van der Waals surface area (Å²) in [6.45, 7) is 13.0. The van der Waals surface area contributed by atoms with Crippen LogP contribution in [-0.2, 0) is 0 Å². The molecule has 0 radical (unpaired) electrons. The van der Waals surface area contributed by atoms with Crippen molar-refractivity contribution in [2.45, 2.75) is 40.0 Å². The summed E-state index contributed by atoms with van der Waals surface area (Å²) in [5.74, 6) is 0. The first-order valence-electron chi connectivity index (χ1n) is 6.19. The quantitative estimate of drug-likeness (QED) is 0.703. The molecule has 1 aliphatic rings. The first-order chi connectivity index (χ1) is 6.76. The SMILES string of the molecule is CCCC1(CN(CC)CC)CCNC1. The van der Waals surface area contributed by atoms with E-state index in [1.165, 1.54) is 52.0 Å². The predicted octanol–water partition coefficient (Wildman–Crippen LogP) is 2.11. The lowest BCUT2D eigenvalue weighted by molar-refractivity contribution is 0.163. The second kappa shape index (κ2) is 5.72. The zero-order chi connectivity index (χ0) is 10.4. The zero-order valence-electron chi connectivity index (χ0n) is 10.1. The Morgan fingerprint density at radius 1 is 1.21 bits per heavy atom. The van der Waals surface area contributed by atoms with E-state index in [2.05, 4.69) is 31.0 Å². The Morgan fingerprint density at radius 3 is 2.36 bits per heavy atom. The standard InChI is InChI=1S/C12H26N2/c1-4-7-12(8-9-13-10-12)11-14(5-2)6-3/h13H,4-11H2,1-3H3. The monoisotopic (exact) mass is 198 g/mol. The van der Waals surface area contributed by atoms with E-state index in [-0.39, 0.29) is 0 Å². The van der Waals surface area contributed by atoms with Crippen molar-refractivity contribution in [1.82, 2.24) is 10.2 Å². The van der Waals surface area contributed by atoms with Gasteiger partial charge >= 0.3 is 0 Å². The average molecular weight is 198 g/mol. The largest absolute Gasteiger partial charge is 0.316 e. The lowest BCUT2D eigenvalue weighted by Gasteiger charge is -2.33. The number of hydrogen-bond acceptors (Lipinski definition) is 2. The van der Waals surface area contributed by atoms with Gasteiger partial charge in [-0.05, 0) is 37.9 Å². The summed E-state index contributed by atoms with van der Waals surface area (Å²) in [4.78, 5) is 2.57. The van der Waals surface area contributed by atoms with Crippen LogP contribution in [0.1, 0.15) is 40.0 Å². The normalized spacial score (nSPS) is 27.4. The van der Waals surface area contributed by atoms with Gasteiger partial charge in [-0.2, -0.15) is 0 Å². The Balaban J connectivity index is 2.49. The lowest BCUT2D eigenvalue weighted by Crippen LogP contribution is -2.39. The number of hydrogen-bond donors (Lipinski definition) is 1. The summed E-state index contributed by atoms with van der Waals surface area (Å²) in [5, 5.41) is 3.52. The third kappa shape index (κ3) is 2.96. The van der Waals surface area contributed by atoms with Crippen molar-refractivity contribution in [1.29, 1.82) is 0 Å². The second-order valence-electron chi connectivity index (χ2n) is 4.64. The highest BCUT2D eigenvalue weighted by molar-refractivity contribution is 4.89. The van der Waals surface area contributed by atoms with Crippen molar-refractivity contribution in [3.63, 3.8) is 0 Å². The molecule has 1 saturated heterocycles. The van der Waals surface area contributed by atoms with E-state index in [0.29, 0.717) is 5.41 Å². The fourth-order valence-corrected chi connectivity index (χ4v) is 2.67. The molecule has 84 valence electrons. The van der Waals surface area contributed by atoms with Crippen molar-refractivity contribution in [2.75, 3.05) is 32.7 Å². The summed E-state index contributed by atoms with van der Waals surface area (Å²) in [6.07, 6.45) is 4.08. The molecule has 0 spiro atoms. The molecule has 2 heteroatoms. The second-order valence-corrected chi connectivity index (χ2v) is 4.64. The fraction of sp³-hybridized carbons (Fsp3) is 1.00. The van der Waals surface area contributed by atoms with E-state index in [4.69, 9.17) is 0 Å². The van der Waals surface area contributed by atoms with Crippen LogP contribution in [-0.4, -0.2) is 37.6 Å². The third-order valence-corrected chi connectivity index (χ3v) is 3.57. The van der Waals surface area contributed by atoms with E-state index in [1.807, 2.05) is 0 Å². The van der Waals surface area contributed by atoms with Gasteiger partial charge in [0, 0.05) is 13.1 Å². The molecule has 1 aliphatic heterocycles. The van der Waals surface area contributed by atoms with E-state index in [0.717, 1.165) is 0 Å². The minimum absolute atomic E-state index is 0.584. The van der Waals surface area contributed by atoms with Crippen LogP contribution in [0.4, 0.5) is 0 Å². The molecule has 1 fully saturated rings. The van der Waals surface area contributed by atoms with Crippen LogP contribution in [0.3, 0.4) is 0 Å². The Bertz CT molecular complexity index is 146. The molecule has 1 rings (SSSR count). The van der Waals surface area contributed by atoms with Gasteiger partial charge in [0.05, 0.1) is 0 Å². The van der Waals surface area contributed by atoms with Crippen molar-refractivity contribution >= 4 is 0 Å². The summed E-state index contributed by atoms with van der Waals surface area (Å²) in [7, 11) is 0. The molecule has 0 aromatic rings. The predicted molar refractivity (Wildman–Crippen MR) is 62.6 cm³/mol. The topological polar surface area (TPSA) is 15.3 Å². The van der Waals surface area contributed by atoms with Crippen LogP contribution in [0.25, 0.3) is 0 Å². The molecular weight excluding hydrogens is 172 g/mol. The highest BCUT2D eigenvalue weighted by Gasteiger charge is 2.33. The Morgan fingerprint density at radius 2 is 1.93 bits per heavy atom. The highest BCUT2D eigenvalue weighted by Crippen LogP contribution is 2.31. The molecule has 14 heavy (non-hydrogen) atoms. The van der Waals surface area contributed by atoms with E-state index < -0.39 is 0 Å². The van der Waals surface area contributed by atoms with E-state index in [9.17, 15) is 0 Å². The summed E-state index contributed by atoms with van der Waals surface area (Å²) in [6, 6.07) is 0. The molecule has 1 heterocycles. The van der Waals surface area contributed by atoms with Gasteiger partial charge in [-0.15, -0.1) is 0 Å². The van der Waals surface area contributed by atoms with E-state index in [1.54, 1.807) is 0 Å². The summed E-state index contributed by atoms with van der Waals surface area (Å²) >= 11 is 0. The molecule has 1 N–H and O–H groups in total. The zero-order valence-corrected chi connectivity index (χ0v) is 10.1. The smallest absolute Gasteiger partial charge is 0.00504 e. The van der Waals surface area contributed by atoms with Crippen LogP contribution in [0.5, 0.6) is 0 Å². The first kappa shape index (κ1) is 12.0. The molecule has 0 amide bonds. The molecule has 2 nitrogen and oxygen atoms in total. The van der Waals surface area contributed by atoms with Gasteiger partial charge in [-0.25, -0.2) is 0 Å². The Labute approximate surface area is 89.1 Å². The molecule has 0 saturated carbocycles. The average Bonchev–Trinajstić information content (AvgIpc) is 2.64. The van der Waals surface area contributed by atoms with Gasteiger partial charge in [0.1, 0.15) is 0 Å². The highest BCUT2D eigenvalue weighted by atomic mass is 15.1. The summed E-state index contributed by atoms with van der Waals surface area (Å²) in [5.41, 5.74) is 0.584. The Hall–Kier alpha value is -0.0800. The van der Waals surface area contributed by atoms with Crippen LogP contribution in [0, 0.1) is 5.41 Å². The maximum Gasteiger partial charge on any atom is 0.00504 e. The minimum Gasteiger partial charge on any atom is -0.316 e. The van der Waals surface area contributed by atoms with Crippen LogP contribution < -0.4 is 5.32 Å². The van der Waals surface area contributed by atoms with Gasteiger partial charge < -0.3 is 10.2 Å². The van der Waals surface area contributed by atoms with Crippen LogP contribution in [0.2, 0.25) is 0 Å². The van der Waals surface area contributed by atoms with Crippen LogP contribution in [0.15, 0.2) is 0 Å². The Kier molecular flexibility index (Phi) is 4.90. The van der Waals surface area contributed by atoms with Crippen LogP contribution >= 0.6 is 0 Å². The minimum atomic E-state index is 0.584. The van der Waals surface area contributed by atoms with Crippen molar-refractivity contribution < 1.29 is 0 Å². The first-order valence-corrected chi connectivity index (χ1v) is 6.19. The van der Waals surface area contributed by atoms with Gasteiger partial charge in [-0.1, -0.05) is 27.2 Å². The number of rotatable bonds is 6. The molecular formula is C12H26N2. The third-order valence-electron chi connectivity index (χ3n) is 3.57. The maximum absolute atomic E-state index is 3.52. The number of nitrogens with zero attached hydrogens (tertiary/aromatic N) is 1. The molecule has 1 atom stereocenters. The van der Waals surface area contributed by atoms with E-state index >= 15 is 0 Å².